The molecule has 1 heterocycles. The first-order valence-corrected chi connectivity index (χ1v) is 4.32. The van der Waals surface area contributed by atoms with E-state index in [-0.39, 0.29) is 12.2 Å². The number of hydrogen-bond acceptors (Lipinski definition) is 4. The molecule has 0 unspecified atom stereocenters. The average molecular weight is 207 g/mol. The molecule has 78 valence electrons. The van der Waals surface area contributed by atoms with Gasteiger partial charge in [0.15, 0.2) is 5.58 Å². The fraction of sp³-hybridized carbons (Fsp3) is 0.200. The number of aromatic nitrogens is 1. The fourth-order valence-electron chi connectivity index (χ4n) is 1.29. The van der Waals surface area contributed by atoms with Crippen molar-refractivity contribution in [1.82, 2.24) is 4.98 Å². The first-order chi connectivity index (χ1) is 7.20. The Labute approximate surface area is 85.3 Å². The van der Waals surface area contributed by atoms with Gasteiger partial charge in [0.05, 0.1) is 5.56 Å². The van der Waals surface area contributed by atoms with Crippen molar-refractivity contribution in [3.05, 3.63) is 29.7 Å². The lowest BCUT2D eigenvalue weighted by atomic mass is 10.2. The number of oxazole rings is 1. The Bertz CT molecular complexity index is 503. The minimum Gasteiger partial charge on any atom is -0.478 e. The molecule has 0 fully saturated rings. The third-order valence-electron chi connectivity index (χ3n) is 1.95. The number of carbonyl (C=O) groups is 1. The summed E-state index contributed by atoms with van der Waals surface area (Å²) >= 11 is 0. The van der Waals surface area contributed by atoms with Crippen LogP contribution in [0.3, 0.4) is 0 Å². The van der Waals surface area contributed by atoms with E-state index in [1.165, 1.54) is 19.2 Å². The van der Waals surface area contributed by atoms with Crippen LogP contribution in [0.15, 0.2) is 22.6 Å². The van der Waals surface area contributed by atoms with Gasteiger partial charge in [-0.05, 0) is 18.2 Å². The number of fused-ring (bicyclic) bond motifs is 1. The van der Waals surface area contributed by atoms with Crippen molar-refractivity contribution in [2.45, 2.75) is 6.61 Å². The zero-order chi connectivity index (χ0) is 10.8. The van der Waals surface area contributed by atoms with E-state index in [1.807, 2.05) is 0 Å². The smallest absolute Gasteiger partial charge is 0.335 e. The number of benzene rings is 1. The van der Waals surface area contributed by atoms with Crippen molar-refractivity contribution in [3.63, 3.8) is 0 Å². The largest absolute Gasteiger partial charge is 0.478 e. The zero-order valence-electron chi connectivity index (χ0n) is 8.06. The molecule has 0 atom stereocenters. The maximum Gasteiger partial charge on any atom is 0.335 e. The second-order valence-corrected chi connectivity index (χ2v) is 3.03. The van der Waals surface area contributed by atoms with Gasteiger partial charge in [-0.1, -0.05) is 0 Å². The number of aromatic carboxylic acids is 1. The molecule has 0 aliphatic heterocycles. The van der Waals surface area contributed by atoms with Crippen LogP contribution in [0.1, 0.15) is 16.2 Å². The predicted molar refractivity (Wildman–Crippen MR) is 51.7 cm³/mol. The number of nitrogens with zero attached hydrogens (tertiary/aromatic N) is 1. The topological polar surface area (TPSA) is 72.6 Å². The van der Waals surface area contributed by atoms with Gasteiger partial charge >= 0.3 is 5.97 Å². The van der Waals surface area contributed by atoms with Crippen LogP contribution in [0.5, 0.6) is 0 Å². The summed E-state index contributed by atoms with van der Waals surface area (Å²) < 4.78 is 10.2. The molecular weight excluding hydrogens is 198 g/mol. The molecule has 0 saturated heterocycles. The molecule has 0 bridgehead atoms. The third kappa shape index (κ3) is 1.82. The number of hydrogen-bond donors (Lipinski definition) is 1. The standard InChI is InChI=1S/C10H9NO4/c1-14-5-9-11-7-3-2-6(10(12)13)4-8(7)15-9/h2-4H,5H2,1H3,(H,12,13). The lowest BCUT2D eigenvalue weighted by molar-refractivity contribution is 0.0697. The van der Waals surface area contributed by atoms with E-state index in [2.05, 4.69) is 4.98 Å². The third-order valence-corrected chi connectivity index (χ3v) is 1.95. The molecule has 0 amide bonds. The van der Waals surface area contributed by atoms with Crippen molar-refractivity contribution in [1.29, 1.82) is 0 Å². The summed E-state index contributed by atoms with van der Waals surface area (Å²) in [6.45, 7) is 0.275. The molecule has 15 heavy (non-hydrogen) atoms. The van der Waals surface area contributed by atoms with Crippen LogP contribution >= 0.6 is 0 Å². The minimum atomic E-state index is -0.985. The van der Waals surface area contributed by atoms with Gasteiger partial charge in [0.2, 0.25) is 5.89 Å². The summed E-state index contributed by atoms with van der Waals surface area (Å²) in [5.41, 5.74) is 1.27. The molecule has 5 nitrogen and oxygen atoms in total. The molecule has 0 aliphatic rings. The van der Waals surface area contributed by atoms with Crippen LogP contribution in [0, 0.1) is 0 Å². The Morgan fingerprint density at radius 3 is 3.07 bits per heavy atom. The van der Waals surface area contributed by atoms with Gasteiger partial charge in [0.25, 0.3) is 0 Å². The zero-order valence-corrected chi connectivity index (χ0v) is 8.06. The van der Waals surface area contributed by atoms with E-state index in [9.17, 15) is 4.79 Å². The highest BCUT2D eigenvalue weighted by molar-refractivity contribution is 5.91. The number of carboxylic acid groups (broad SMARTS) is 1. The van der Waals surface area contributed by atoms with Gasteiger partial charge in [-0.25, -0.2) is 9.78 Å². The summed E-state index contributed by atoms with van der Waals surface area (Å²) in [7, 11) is 1.54. The van der Waals surface area contributed by atoms with Crippen LogP contribution in [-0.4, -0.2) is 23.2 Å². The fourth-order valence-corrected chi connectivity index (χ4v) is 1.29. The normalized spacial score (nSPS) is 10.7. The molecular formula is C10H9NO4. The highest BCUT2D eigenvalue weighted by Gasteiger charge is 2.09. The van der Waals surface area contributed by atoms with E-state index < -0.39 is 5.97 Å². The van der Waals surface area contributed by atoms with E-state index in [0.29, 0.717) is 17.0 Å². The first-order valence-electron chi connectivity index (χ1n) is 4.32. The van der Waals surface area contributed by atoms with Gasteiger partial charge < -0.3 is 14.3 Å². The Morgan fingerprint density at radius 2 is 2.40 bits per heavy atom. The van der Waals surface area contributed by atoms with Gasteiger partial charge in [0, 0.05) is 7.11 Å². The van der Waals surface area contributed by atoms with Crippen LogP contribution in [0.2, 0.25) is 0 Å². The monoisotopic (exact) mass is 207 g/mol. The lowest BCUT2D eigenvalue weighted by Gasteiger charge is -1.91. The first kappa shape index (κ1) is 9.67. The molecule has 5 heteroatoms. The summed E-state index contributed by atoms with van der Waals surface area (Å²) in [6, 6.07) is 4.55. The minimum absolute atomic E-state index is 0.183. The van der Waals surface area contributed by atoms with Crippen molar-refractivity contribution in [2.24, 2.45) is 0 Å². The maximum atomic E-state index is 10.7. The summed E-state index contributed by atoms with van der Waals surface area (Å²) in [6.07, 6.45) is 0. The molecule has 0 saturated carbocycles. The van der Waals surface area contributed by atoms with Gasteiger partial charge in [-0.2, -0.15) is 0 Å². The van der Waals surface area contributed by atoms with Crippen LogP contribution < -0.4 is 0 Å². The van der Waals surface area contributed by atoms with Crippen LogP contribution in [0.4, 0.5) is 0 Å². The molecule has 0 spiro atoms. The number of rotatable bonds is 3. The molecule has 1 N–H and O–H groups in total. The number of ether oxygens (including phenoxy) is 1. The molecule has 0 aliphatic carbocycles. The molecule has 1 aromatic heterocycles. The molecule has 2 aromatic rings. The lowest BCUT2D eigenvalue weighted by Crippen LogP contribution is -1.94. The number of methoxy groups -OCH3 is 1. The summed E-state index contributed by atoms with van der Waals surface area (Å²) in [4.78, 5) is 14.8. The van der Waals surface area contributed by atoms with Crippen molar-refractivity contribution < 1.29 is 19.1 Å². The van der Waals surface area contributed by atoms with E-state index in [1.54, 1.807) is 6.07 Å². The summed E-state index contributed by atoms with van der Waals surface area (Å²) in [5, 5.41) is 8.77. The Balaban J connectivity index is 2.47. The Hall–Kier alpha value is -1.88. The number of carboxylic acids is 1. The molecule has 2 rings (SSSR count). The highest BCUT2D eigenvalue weighted by Crippen LogP contribution is 2.17. The highest BCUT2D eigenvalue weighted by atomic mass is 16.5. The second-order valence-electron chi connectivity index (χ2n) is 3.03. The van der Waals surface area contributed by atoms with Crippen molar-refractivity contribution >= 4 is 17.1 Å². The maximum absolute atomic E-state index is 10.7. The Morgan fingerprint density at radius 1 is 1.60 bits per heavy atom. The van der Waals surface area contributed by atoms with E-state index in [0.717, 1.165) is 0 Å². The predicted octanol–water partition coefficient (Wildman–Crippen LogP) is 1.67. The van der Waals surface area contributed by atoms with E-state index in [4.69, 9.17) is 14.3 Å². The van der Waals surface area contributed by atoms with Gasteiger partial charge in [-0.15, -0.1) is 0 Å². The van der Waals surface area contributed by atoms with Crippen molar-refractivity contribution in [2.75, 3.05) is 7.11 Å². The summed E-state index contributed by atoms with van der Waals surface area (Å²) in [5.74, 6) is -0.545. The van der Waals surface area contributed by atoms with Crippen LogP contribution in [0.25, 0.3) is 11.1 Å². The van der Waals surface area contributed by atoms with Gasteiger partial charge in [-0.3, -0.25) is 0 Å². The van der Waals surface area contributed by atoms with E-state index >= 15 is 0 Å². The molecule has 0 radical (unpaired) electrons. The van der Waals surface area contributed by atoms with Gasteiger partial charge in [0.1, 0.15) is 12.1 Å². The average Bonchev–Trinajstić information content (AvgIpc) is 2.59. The molecule has 1 aromatic carbocycles. The van der Waals surface area contributed by atoms with Crippen molar-refractivity contribution in [3.8, 4) is 0 Å². The SMILES string of the molecule is COCc1nc2ccc(C(=O)O)cc2o1. The van der Waals surface area contributed by atoms with Crippen LogP contribution in [-0.2, 0) is 11.3 Å². The second kappa shape index (κ2) is 3.70. The quantitative estimate of drug-likeness (QED) is 0.828. The Kier molecular flexibility index (Phi) is 2.39.